The minimum Gasteiger partial charge on any atom is -0.497 e. The average Bonchev–Trinajstić information content (AvgIpc) is 2.61. The van der Waals surface area contributed by atoms with Crippen LogP contribution in [0.5, 0.6) is 17.2 Å². The molecule has 0 saturated heterocycles. The summed E-state index contributed by atoms with van der Waals surface area (Å²) >= 11 is 0. The summed E-state index contributed by atoms with van der Waals surface area (Å²) in [6.45, 7) is 5.12. The SMILES string of the molecule is CCCCOc1ccc(C(C)c2ccc(OC)cc2OC)cc1. The third-order valence-electron chi connectivity index (χ3n) is 4.05. The zero-order valence-corrected chi connectivity index (χ0v) is 14.5. The van der Waals surface area contributed by atoms with Crippen LogP contribution in [0.3, 0.4) is 0 Å². The normalized spacial score (nSPS) is 11.8. The molecule has 1 unspecified atom stereocenters. The van der Waals surface area contributed by atoms with Crippen LogP contribution in [0.1, 0.15) is 43.7 Å². The highest BCUT2D eigenvalue weighted by atomic mass is 16.5. The minimum absolute atomic E-state index is 0.237. The molecule has 1 atom stereocenters. The molecule has 2 aromatic rings. The summed E-state index contributed by atoms with van der Waals surface area (Å²) in [5.41, 5.74) is 2.38. The standard InChI is InChI=1S/C20H26O3/c1-5-6-13-23-17-9-7-16(8-10-17)15(2)19-12-11-18(21-3)14-20(19)22-4/h7-12,14-15H,5-6,13H2,1-4H3. The predicted octanol–water partition coefficient (Wildman–Crippen LogP) is 5.03. The fourth-order valence-electron chi connectivity index (χ4n) is 2.54. The second-order valence-corrected chi connectivity index (χ2v) is 5.60. The Morgan fingerprint density at radius 1 is 0.913 bits per heavy atom. The van der Waals surface area contributed by atoms with Crippen molar-refractivity contribution in [1.29, 1.82) is 0 Å². The van der Waals surface area contributed by atoms with Crippen molar-refractivity contribution < 1.29 is 14.2 Å². The highest BCUT2D eigenvalue weighted by molar-refractivity contribution is 5.46. The third-order valence-corrected chi connectivity index (χ3v) is 4.05. The van der Waals surface area contributed by atoms with Crippen LogP contribution < -0.4 is 14.2 Å². The van der Waals surface area contributed by atoms with E-state index in [0.29, 0.717) is 0 Å². The number of unbranched alkanes of at least 4 members (excludes halogenated alkanes) is 1. The third kappa shape index (κ3) is 4.41. The van der Waals surface area contributed by atoms with Gasteiger partial charge >= 0.3 is 0 Å². The molecule has 0 spiro atoms. The quantitative estimate of drug-likeness (QED) is 0.639. The molecular weight excluding hydrogens is 288 g/mol. The Balaban J connectivity index is 2.15. The molecule has 0 aliphatic rings. The van der Waals surface area contributed by atoms with Crippen LogP contribution in [-0.2, 0) is 0 Å². The van der Waals surface area contributed by atoms with Gasteiger partial charge in [-0.05, 0) is 30.2 Å². The van der Waals surface area contributed by atoms with E-state index >= 15 is 0 Å². The molecule has 0 aromatic heterocycles. The molecule has 2 aromatic carbocycles. The van der Waals surface area contributed by atoms with Crippen molar-refractivity contribution in [2.45, 2.75) is 32.6 Å². The monoisotopic (exact) mass is 314 g/mol. The van der Waals surface area contributed by atoms with Crippen LogP contribution >= 0.6 is 0 Å². The Bertz CT molecular complexity index is 605. The van der Waals surface area contributed by atoms with Crippen molar-refractivity contribution in [2.75, 3.05) is 20.8 Å². The smallest absolute Gasteiger partial charge is 0.126 e. The number of methoxy groups -OCH3 is 2. The Morgan fingerprint density at radius 3 is 2.22 bits per heavy atom. The number of rotatable bonds is 8. The Labute approximate surface area is 139 Å². The van der Waals surface area contributed by atoms with Crippen LogP contribution in [0.15, 0.2) is 42.5 Å². The van der Waals surface area contributed by atoms with Crippen molar-refractivity contribution in [1.82, 2.24) is 0 Å². The number of hydrogen-bond acceptors (Lipinski definition) is 3. The maximum absolute atomic E-state index is 5.72. The van der Waals surface area contributed by atoms with E-state index < -0.39 is 0 Å². The van der Waals surface area contributed by atoms with E-state index in [2.05, 4.69) is 32.0 Å². The van der Waals surface area contributed by atoms with Gasteiger partial charge in [0.2, 0.25) is 0 Å². The van der Waals surface area contributed by atoms with E-state index in [9.17, 15) is 0 Å². The first-order valence-corrected chi connectivity index (χ1v) is 8.14. The van der Waals surface area contributed by atoms with E-state index in [4.69, 9.17) is 14.2 Å². The molecule has 3 nitrogen and oxygen atoms in total. The number of benzene rings is 2. The average molecular weight is 314 g/mol. The predicted molar refractivity (Wildman–Crippen MR) is 93.9 cm³/mol. The molecular formula is C20H26O3. The summed E-state index contributed by atoms with van der Waals surface area (Å²) in [6.07, 6.45) is 2.23. The zero-order chi connectivity index (χ0) is 16.7. The Morgan fingerprint density at radius 2 is 1.61 bits per heavy atom. The van der Waals surface area contributed by atoms with E-state index in [0.717, 1.165) is 42.3 Å². The topological polar surface area (TPSA) is 27.7 Å². The molecule has 0 heterocycles. The molecule has 0 radical (unpaired) electrons. The molecule has 0 N–H and O–H groups in total. The van der Waals surface area contributed by atoms with E-state index in [1.807, 2.05) is 24.3 Å². The molecule has 23 heavy (non-hydrogen) atoms. The lowest BCUT2D eigenvalue weighted by atomic mass is 9.92. The van der Waals surface area contributed by atoms with Crippen molar-refractivity contribution >= 4 is 0 Å². The van der Waals surface area contributed by atoms with Gasteiger partial charge in [-0.15, -0.1) is 0 Å². The van der Waals surface area contributed by atoms with E-state index in [1.54, 1.807) is 14.2 Å². The molecule has 0 aliphatic carbocycles. The second-order valence-electron chi connectivity index (χ2n) is 5.60. The zero-order valence-electron chi connectivity index (χ0n) is 14.5. The van der Waals surface area contributed by atoms with Gasteiger partial charge < -0.3 is 14.2 Å². The summed E-state index contributed by atoms with van der Waals surface area (Å²) in [5, 5.41) is 0. The second kappa shape index (κ2) is 8.47. The molecule has 124 valence electrons. The molecule has 2 rings (SSSR count). The Kier molecular flexibility index (Phi) is 6.33. The van der Waals surface area contributed by atoms with E-state index in [-0.39, 0.29) is 5.92 Å². The lowest BCUT2D eigenvalue weighted by Gasteiger charge is -2.17. The van der Waals surface area contributed by atoms with Crippen LogP contribution in [0.4, 0.5) is 0 Å². The molecule has 0 fully saturated rings. The first-order chi connectivity index (χ1) is 11.2. The van der Waals surface area contributed by atoms with Crippen LogP contribution in [0.2, 0.25) is 0 Å². The van der Waals surface area contributed by atoms with Crippen molar-refractivity contribution in [3.8, 4) is 17.2 Å². The molecule has 0 aliphatic heterocycles. The van der Waals surface area contributed by atoms with Crippen molar-refractivity contribution in [3.05, 3.63) is 53.6 Å². The maximum Gasteiger partial charge on any atom is 0.126 e. The first-order valence-electron chi connectivity index (χ1n) is 8.14. The first kappa shape index (κ1) is 17.2. The molecule has 3 heteroatoms. The highest BCUT2D eigenvalue weighted by Crippen LogP contribution is 2.34. The van der Waals surface area contributed by atoms with Crippen LogP contribution in [0, 0.1) is 0 Å². The van der Waals surface area contributed by atoms with Gasteiger partial charge in [0.05, 0.1) is 20.8 Å². The van der Waals surface area contributed by atoms with Crippen LogP contribution in [0.25, 0.3) is 0 Å². The van der Waals surface area contributed by atoms with Gasteiger partial charge in [0.15, 0.2) is 0 Å². The summed E-state index contributed by atoms with van der Waals surface area (Å²) in [4.78, 5) is 0. The molecule has 0 amide bonds. The van der Waals surface area contributed by atoms with Gasteiger partial charge in [-0.25, -0.2) is 0 Å². The van der Waals surface area contributed by atoms with Crippen LogP contribution in [-0.4, -0.2) is 20.8 Å². The van der Waals surface area contributed by atoms with Gasteiger partial charge in [-0.2, -0.15) is 0 Å². The highest BCUT2D eigenvalue weighted by Gasteiger charge is 2.14. The fraction of sp³-hybridized carbons (Fsp3) is 0.400. The van der Waals surface area contributed by atoms with Crippen molar-refractivity contribution in [3.63, 3.8) is 0 Å². The fourth-order valence-corrected chi connectivity index (χ4v) is 2.54. The summed E-state index contributed by atoms with van der Waals surface area (Å²) in [6, 6.07) is 14.3. The van der Waals surface area contributed by atoms with E-state index in [1.165, 1.54) is 5.56 Å². The van der Waals surface area contributed by atoms with Gasteiger partial charge in [0.25, 0.3) is 0 Å². The van der Waals surface area contributed by atoms with Gasteiger partial charge in [0.1, 0.15) is 17.2 Å². The molecule has 0 bridgehead atoms. The van der Waals surface area contributed by atoms with Crippen molar-refractivity contribution in [2.24, 2.45) is 0 Å². The minimum atomic E-state index is 0.237. The molecule has 0 saturated carbocycles. The summed E-state index contributed by atoms with van der Waals surface area (Å²) in [7, 11) is 3.35. The lowest BCUT2D eigenvalue weighted by molar-refractivity contribution is 0.309. The number of ether oxygens (including phenoxy) is 3. The maximum atomic E-state index is 5.72. The Hall–Kier alpha value is -2.16. The lowest BCUT2D eigenvalue weighted by Crippen LogP contribution is -2.01. The van der Waals surface area contributed by atoms with Gasteiger partial charge in [-0.1, -0.05) is 38.5 Å². The van der Waals surface area contributed by atoms with Gasteiger partial charge in [0, 0.05) is 17.5 Å². The summed E-state index contributed by atoms with van der Waals surface area (Å²) < 4.78 is 16.5. The largest absolute Gasteiger partial charge is 0.497 e. The summed E-state index contributed by atoms with van der Waals surface area (Å²) in [5.74, 6) is 2.81. The van der Waals surface area contributed by atoms with Gasteiger partial charge in [-0.3, -0.25) is 0 Å². The number of hydrogen-bond donors (Lipinski definition) is 0.